The van der Waals surface area contributed by atoms with Crippen LogP contribution in [0.15, 0.2) is 18.2 Å². The fourth-order valence-corrected chi connectivity index (χ4v) is 2.54. The third-order valence-electron chi connectivity index (χ3n) is 3.66. The molecule has 0 aromatic heterocycles. The summed E-state index contributed by atoms with van der Waals surface area (Å²) in [6.07, 6.45) is 0.767. The Morgan fingerprint density at radius 3 is 2.68 bits per heavy atom. The summed E-state index contributed by atoms with van der Waals surface area (Å²) >= 11 is 5.75. The van der Waals surface area contributed by atoms with Crippen LogP contribution in [0, 0.1) is 5.92 Å². The van der Waals surface area contributed by atoms with Crippen molar-refractivity contribution in [3.63, 3.8) is 0 Å². The number of nitrogens with zero attached hydrogens (tertiary/aromatic N) is 1. The molecule has 1 atom stereocenters. The summed E-state index contributed by atoms with van der Waals surface area (Å²) in [5.74, 6) is -0.268. The van der Waals surface area contributed by atoms with Crippen LogP contribution in [0.1, 0.15) is 30.6 Å². The van der Waals surface area contributed by atoms with Crippen molar-refractivity contribution in [3.8, 4) is 5.75 Å². The number of aliphatic hydroxyl groups is 1. The number of phenols is 1. The van der Waals surface area contributed by atoms with Gasteiger partial charge in [-0.05, 0) is 38.5 Å². The Bertz CT molecular complexity index is 496. The minimum Gasteiger partial charge on any atom is -0.507 e. The molecule has 0 spiro atoms. The van der Waals surface area contributed by atoms with Gasteiger partial charge in [0.05, 0.1) is 11.2 Å². The van der Waals surface area contributed by atoms with Crippen LogP contribution in [-0.2, 0) is 0 Å². The molecule has 0 aliphatic carbocycles. The van der Waals surface area contributed by atoms with Crippen LogP contribution in [0.2, 0.25) is 5.02 Å². The highest BCUT2D eigenvalue weighted by atomic mass is 35.5. The SMILES string of the molecule is CC(C)(O)[C@@H]1CCN(C(=O)c2ccc(Cl)cc2O)C1. The van der Waals surface area contributed by atoms with Gasteiger partial charge >= 0.3 is 0 Å². The number of benzene rings is 1. The predicted molar refractivity (Wildman–Crippen MR) is 73.4 cm³/mol. The molecule has 1 saturated heterocycles. The normalized spacial score (nSPS) is 19.8. The van der Waals surface area contributed by atoms with Crippen molar-refractivity contribution in [2.45, 2.75) is 25.9 Å². The van der Waals surface area contributed by atoms with Crippen LogP contribution in [0.5, 0.6) is 5.75 Å². The van der Waals surface area contributed by atoms with Gasteiger partial charge < -0.3 is 15.1 Å². The molecule has 1 aliphatic heterocycles. The molecule has 2 N–H and O–H groups in total. The third kappa shape index (κ3) is 3.01. The van der Waals surface area contributed by atoms with Crippen LogP contribution >= 0.6 is 11.6 Å². The zero-order chi connectivity index (χ0) is 14.2. The van der Waals surface area contributed by atoms with E-state index in [1.165, 1.54) is 12.1 Å². The quantitative estimate of drug-likeness (QED) is 0.875. The van der Waals surface area contributed by atoms with Gasteiger partial charge in [0.25, 0.3) is 5.91 Å². The Hall–Kier alpha value is -1.26. The molecule has 1 aromatic rings. The van der Waals surface area contributed by atoms with E-state index in [0.717, 1.165) is 6.42 Å². The summed E-state index contributed by atoms with van der Waals surface area (Å²) in [7, 11) is 0. The zero-order valence-corrected chi connectivity index (χ0v) is 11.8. The van der Waals surface area contributed by atoms with Crippen molar-refractivity contribution in [1.29, 1.82) is 0 Å². The van der Waals surface area contributed by atoms with E-state index < -0.39 is 5.60 Å². The number of carbonyl (C=O) groups is 1. The Morgan fingerprint density at radius 2 is 2.16 bits per heavy atom. The first-order valence-electron chi connectivity index (χ1n) is 6.29. The summed E-state index contributed by atoms with van der Waals surface area (Å²) in [6, 6.07) is 4.47. The van der Waals surface area contributed by atoms with E-state index in [1.54, 1.807) is 24.8 Å². The lowest BCUT2D eigenvalue weighted by Gasteiger charge is -2.25. The van der Waals surface area contributed by atoms with Crippen LogP contribution in [0.3, 0.4) is 0 Å². The van der Waals surface area contributed by atoms with Gasteiger partial charge in [0, 0.05) is 24.0 Å². The fraction of sp³-hybridized carbons (Fsp3) is 0.500. The Kier molecular flexibility index (Phi) is 3.74. The van der Waals surface area contributed by atoms with Crippen molar-refractivity contribution in [3.05, 3.63) is 28.8 Å². The Balaban J connectivity index is 2.14. The topological polar surface area (TPSA) is 60.8 Å². The lowest BCUT2D eigenvalue weighted by molar-refractivity contribution is 0.0211. The molecule has 0 saturated carbocycles. The van der Waals surface area contributed by atoms with Crippen LogP contribution in [0.25, 0.3) is 0 Å². The molecule has 19 heavy (non-hydrogen) atoms. The second-order valence-corrected chi connectivity index (χ2v) is 5.99. The minimum atomic E-state index is -0.795. The summed E-state index contributed by atoms with van der Waals surface area (Å²) in [4.78, 5) is 14.0. The second kappa shape index (κ2) is 5.02. The molecular weight excluding hydrogens is 266 g/mol. The molecule has 5 heteroatoms. The number of phenolic OH excluding ortho intramolecular Hbond substituents is 1. The number of rotatable bonds is 2. The van der Waals surface area contributed by atoms with Gasteiger partial charge in [0.15, 0.2) is 0 Å². The van der Waals surface area contributed by atoms with Crippen molar-refractivity contribution in [2.75, 3.05) is 13.1 Å². The van der Waals surface area contributed by atoms with Gasteiger partial charge in [-0.25, -0.2) is 0 Å². The molecule has 104 valence electrons. The van der Waals surface area contributed by atoms with E-state index in [1.807, 2.05) is 0 Å². The summed E-state index contributed by atoms with van der Waals surface area (Å²) in [6.45, 7) is 4.61. The van der Waals surface area contributed by atoms with Gasteiger partial charge in [-0.1, -0.05) is 11.6 Å². The average Bonchev–Trinajstić information content (AvgIpc) is 2.76. The standard InChI is InChI=1S/C14H18ClNO3/c1-14(2,19)9-5-6-16(8-9)13(18)11-4-3-10(15)7-12(11)17/h3-4,7,9,17,19H,5-6,8H2,1-2H3/t9-/m1/s1. The van der Waals surface area contributed by atoms with E-state index in [4.69, 9.17) is 11.6 Å². The summed E-state index contributed by atoms with van der Waals surface area (Å²) in [5.41, 5.74) is -0.544. The molecule has 1 heterocycles. The molecule has 1 aromatic carbocycles. The molecule has 1 fully saturated rings. The number of hydrogen-bond donors (Lipinski definition) is 2. The maximum absolute atomic E-state index is 12.3. The molecule has 0 unspecified atom stereocenters. The lowest BCUT2D eigenvalue weighted by atomic mass is 9.90. The molecule has 0 bridgehead atoms. The lowest BCUT2D eigenvalue weighted by Crippen LogP contribution is -2.35. The number of hydrogen-bond acceptors (Lipinski definition) is 3. The molecule has 1 aliphatic rings. The molecular formula is C14H18ClNO3. The predicted octanol–water partition coefficient (Wildman–Crippen LogP) is 2.28. The monoisotopic (exact) mass is 283 g/mol. The van der Waals surface area contributed by atoms with Crippen LogP contribution in [-0.4, -0.2) is 39.7 Å². The number of halogens is 1. The molecule has 4 nitrogen and oxygen atoms in total. The largest absolute Gasteiger partial charge is 0.507 e. The highest BCUT2D eigenvalue weighted by Crippen LogP contribution is 2.30. The highest BCUT2D eigenvalue weighted by Gasteiger charge is 2.36. The molecule has 1 amide bonds. The van der Waals surface area contributed by atoms with Crippen molar-refractivity contribution >= 4 is 17.5 Å². The minimum absolute atomic E-state index is 0.0610. The van der Waals surface area contributed by atoms with Crippen molar-refractivity contribution in [2.24, 2.45) is 5.92 Å². The van der Waals surface area contributed by atoms with E-state index >= 15 is 0 Å². The maximum Gasteiger partial charge on any atom is 0.257 e. The van der Waals surface area contributed by atoms with Gasteiger partial charge in [-0.15, -0.1) is 0 Å². The van der Waals surface area contributed by atoms with Crippen molar-refractivity contribution < 1.29 is 15.0 Å². The third-order valence-corrected chi connectivity index (χ3v) is 3.90. The Morgan fingerprint density at radius 1 is 1.47 bits per heavy atom. The zero-order valence-electron chi connectivity index (χ0n) is 11.1. The Labute approximate surface area is 117 Å². The first-order chi connectivity index (χ1) is 8.79. The number of carbonyl (C=O) groups excluding carboxylic acids is 1. The molecule has 2 rings (SSSR count). The number of likely N-dealkylation sites (tertiary alicyclic amines) is 1. The first-order valence-corrected chi connectivity index (χ1v) is 6.67. The fourth-order valence-electron chi connectivity index (χ4n) is 2.38. The van der Waals surface area contributed by atoms with Gasteiger partial charge in [-0.3, -0.25) is 4.79 Å². The number of amides is 1. The van der Waals surface area contributed by atoms with Gasteiger partial charge in [0.1, 0.15) is 5.75 Å². The van der Waals surface area contributed by atoms with E-state index in [0.29, 0.717) is 18.1 Å². The van der Waals surface area contributed by atoms with E-state index in [9.17, 15) is 15.0 Å². The summed E-state index contributed by atoms with van der Waals surface area (Å²) in [5, 5.41) is 20.1. The maximum atomic E-state index is 12.3. The average molecular weight is 284 g/mol. The smallest absolute Gasteiger partial charge is 0.257 e. The number of aromatic hydroxyl groups is 1. The first kappa shape index (κ1) is 14.2. The van der Waals surface area contributed by atoms with Gasteiger partial charge in [-0.2, -0.15) is 0 Å². The molecule has 0 radical (unpaired) electrons. The van der Waals surface area contributed by atoms with Crippen molar-refractivity contribution in [1.82, 2.24) is 4.90 Å². The second-order valence-electron chi connectivity index (χ2n) is 5.55. The van der Waals surface area contributed by atoms with Crippen LogP contribution in [0.4, 0.5) is 0 Å². The van der Waals surface area contributed by atoms with Crippen LogP contribution < -0.4 is 0 Å². The highest BCUT2D eigenvalue weighted by molar-refractivity contribution is 6.30. The van der Waals surface area contributed by atoms with E-state index in [2.05, 4.69) is 0 Å². The van der Waals surface area contributed by atoms with Gasteiger partial charge in [0.2, 0.25) is 0 Å². The van der Waals surface area contributed by atoms with E-state index in [-0.39, 0.29) is 23.1 Å². The summed E-state index contributed by atoms with van der Waals surface area (Å²) < 4.78 is 0.